The van der Waals surface area contributed by atoms with Crippen molar-refractivity contribution in [1.82, 2.24) is 15.0 Å². The van der Waals surface area contributed by atoms with E-state index >= 15 is 0 Å². The molecule has 0 N–H and O–H groups in total. The van der Waals surface area contributed by atoms with Gasteiger partial charge in [0.1, 0.15) is 0 Å². The van der Waals surface area contributed by atoms with Gasteiger partial charge in [0, 0.05) is 5.56 Å². The van der Waals surface area contributed by atoms with Gasteiger partial charge in [-0.2, -0.15) is 4.98 Å². The van der Waals surface area contributed by atoms with Gasteiger partial charge >= 0.3 is 0 Å². The maximum absolute atomic E-state index is 5.32. The molecule has 4 nitrogen and oxygen atoms in total. The third-order valence-electron chi connectivity index (χ3n) is 3.30. The Hall–Kier alpha value is -1.68. The second-order valence-electron chi connectivity index (χ2n) is 4.86. The predicted molar refractivity (Wildman–Crippen MR) is 69.0 cm³/mol. The summed E-state index contributed by atoms with van der Waals surface area (Å²) < 4.78 is 5.32. The van der Waals surface area contributed by atoms with Crippen molar-refractivity contribution in [2.75, 3.05) is 13.1 Å². The normalized spacial score (nSPS) is 16.3. The summed E-state index contributed by atoms with van der Waals surface area (Å²) in [5, 5.41) is 4.06. The lowest BCUT2D eigenvalue weighted by Crippen LogP contribution is -2.18. The van der Waals surface area contributed by atoms with Gasteiger partial charge in [0.15, 0.2) is 0 Å². The van der Waals surface area contributed by atoms with Gasteiger partial charge in [-0.05, 0) is 38.9 Å². The Balaban J connectivity index is 1.76. The van der Waals surface area contributed by atoms with Crippen molar-refractivity contribution in [2.45, 2.75) is 26.3 Å². The first-order chi connectivity index (χ1) is 8.81. The first-order valence-corrected chi connectivity index (χ1v) is 6.43. The SMILES string of the molecule is Cc1cccc(-c2noc(CN3CCCC3)n2)c1. The summed E-state index contributed by atoms with van der Waals surface area (Å²) in [6, 6.07) is 8.16. The Morgan fingerprint density at radius 1 is 1.28 bits per heavy atom. The molecule has 2 aromatic rings. The van der Waals surface area contributed by atoms with Crippen LogP contribution in [0.4, 0.5) is 0 Å². The Labute approximate surface area is 107 Å². The Kier molecular flexibility index (Phi) is 3.11. The van der Waals surface area contributed by atoms with Crippen molar-refractivity contribution < 1.29 is 4.52 Å². The van der Waals surface area contributed by atoms with Crippen LogP contribution in [-0.4, -0.2) is 28.1 Å². The van der Waals surface area contributed by atoms with E-state index in [0.717, 1.165) is 25.2 Å². The lowest BCUT2D eigenvalue weighted by molar-refractivity contribution is 0.268. The van der Waals surface area contributed by atoms with Crippen molar-refractivity contribution in [2.24, 2.45) is 0 Å². The molecule has 0 aliphatic carbocycles. The fraction of sp³-hybridized carbons (Fsp3) is 0.429. The second kappa shape index (κ2) is 4.90. The van der Waals surface area contributed by atoms with Crippen molar-refractivity contribution in [3.05, 3.63) is 35.7 Å². The summed E-state index contributed by atoms with van der Waals surface area (Å²) >= 11 is 0. The van der Waals surface area contributed by atoms with Gasteiger partial charge in [-0.1, -0.05) is 28.9 Å². The summed E-state index contributed by atoms with van der Waals surface area (Å²) in [5.74, 6) is 1.40. The fourth-order valence-electron chi connectivity index (χ4n) is 2.35. The van der Waals surface area contributed by atoms with E-state index in [0.29, 0.717) is 11.7 Å². The number of nitrogens with zero attached hydrogens (tertiary/aromatic N) is 3. The highest BCUT2D eigenvalue weighted by molar-refractivity contribution is 5.55. The molecule has 4 heteroatoms. The van der Waals surface area contributed by atoms with E-state index in [-0.39, 0.29) is 0 Å². The molecule has 0 atom stereocenters. The Bertz CT molecular complexity index is 529. The molecule has 0 bridgehead atoms. The van der Waals surface area contributed by atoms with Crippen molar-refractivity contribution in [3.63, 3.8) is 0 Å². The molecule has 1 saturated heterocycles. The van der Waals surface area contributed by atoms with Crippen LogP contribution in [0.25, 0.3) is 11.4 Å². The molecule has 1 aromatic heterocycles. The average molecular weight is 243 g/mol. The van der Waals surface area contributed by atoms with Gasteiger partial charge in [-0.15, -0.1) is 0 Å². The van der Waals surface area contributed by atoms with Crippen LogP contribution in [0.15, 0.2) is 28.8 Å². The molecular weight excluding hydrogens is 226 g/mol. The van der Waals surface area contributed by atoms with E-state index < -0.39 is 0 Å². The molecule has 0 radical (unpaired) electrons. The lowest BCUT2D eigenvalue weighted by Gasteiger charge is -2.09. The highest BCUT2D eigenvalue weighted by atomic mass is 16.5. The fourth-order valence-corrected chi connectivity index (χ4v) is 2.35. The van der Waals surface area contributed by atoms with Crippen LogP contribution in [0.5, 0.6) is 0 Å². The molecule has 1 aliphatic rings. The van der Waals surface area contributed by atoms with Crippen LogP contribution in [-0.2, 0) is 6.54 Å². The zero-order valence-electron chi connectivity index (χ0n) is 10.6. The molecule has 18 heavy (non-hydrogen) atoms. The van der Waals surface area contributed by atoms with E-state index in [1.165, 1.54) is 18.4 Å². The molecule has 2 heterocycles. The number of hydrogen-bond acceptors (Lipinski definition) is 4. The van der Waals surface area contributed by atoms with E-state index in [4.69, 9.17) is 4.52 Å². The predicted octanol–water partition coefficient (Wildman–Crippen LogP) is 2.64. The number of likely N-dealkylation sites (tertiary alicyclic amines) is 1. The zero-order valence-corrected chi connectivity index (χ0v) is 10.6. The maximum atomic E-state index is 5.32. The highest BCUT2D eigenvalue weighted by Crippen LogP contribution is 2.18. The van der Waals surface area contributed by atoms with Gasteiger partial charge in [0.25, 0.3) is 0 Å². The van der Waals surface area contributed by atoms with Gasteiger partial charge in [-0.3, -0.25) is 4.90 Å². The molecule has 0 saturated carbocycles. The summed E-state index contributed by atoms with van der Waals surface area (Å²) in [7, 11) is 0. The molecule has 1 aromatic carbocycles. The molecule has 1 fully saturated rings. The average Bonchev–Trinajstić information content (AvgIpc) is 3.01. The van der Waals surface area contributed by atoms with Crippen molar-refractivity contribution in [1.29, 1.82) is 0 Å². The summed E-state index contributed by atoms with van der Waals surface area (Å²) in [4.78, 5) is 6.82. The standard InChI is InChI=1S/C14H17N3O/c1-11-5-4-6-12(9-11)14-15-13(18-16-14)10-17-7-2-3-8-17/h4-6,9H,2-3,7-8,10H2,1H3. The smallest absolute Gasteiger partial charge is 0.241 e. The Morgan fingerprint density at radius 2 is 2.11 bits per heavy atom. The van der Waals surface area contributed by atoms with Gasteiger partial charge in [0.05, 0.1) is 6.54 Å². The largest absolute Gasteiger partial charge is 0.338 e. The molecular formula is C14H17N3O. The summed E-state index contributed by atoms with van der Waals surface area (Å²) in [5.41, 5.74) is 2.23. The monoisotopic (exact) mass is 243 g/mol. The van der Waals surface area contributed by atoms with Crippen molar-refractivity contribution in [3.8, 4) is 11.4 Å². The third-order valence-corrected chi connectivity index (χ3v) is 3.30. The number of rotatable bonds is 3. The molecule has 3 rings (SSSR count). The number of hydrogen-bond donors (Lipinski definition) is 0. The van der Waals surface area contributed by atoms with Crippen molar-refractivity contribution >= 4 is 0 Å². The van der Waals surface area contributed by atoms with E-state index in [1.807, 2.05) is 12.1 Å². The van der Waals surface area contributed by atoms with Gasteiger partial charge in [0.2, 0.25) is 11.7 Å². The first kappa shape index (κ1) is 11.4. The summed E-state index contributed by atoms with van der Waals surface area (Å²) in [6.07, 6.45) is 2.55. The van der Waals surface area contributed by atoms with E-state index in [2.05, 4.69) is 34.1 Å². The molecule has 94 valence electrons. The van der Waals surface area contributed by atoms with Crippen LogP contribution in [0.1, 0.15) is 24.3 Å². The molecule has 0 amide bonds. The minimum absolute atomic E-state index is 0.688. The van der Waals surface area contributed by atoms with E-state index in [9.17, 15) is 0 Å². The molecule has 0 unspecified atom stereocenters. The third kappa shape index (κ3) is 2.43. The van der Waals surface area contributed by atoms with Gasteiger partial charge < -0.3 is 4.52 Å². The Morgan fingerprint density at radius 3 is 2.89 bits per heavy atom. The number of aromatic nitrogens is 2. The summed E-state index contributed by atoms with van der Waals surface area (Å²) in [6.45, 7) is 5.12. The van der Waals surface area contributed by atoms with E-state index in [1.54, 1.807) is 0 Å². The quantitative estimate of drug-likeness (QED) is 0.831. The first-order valence-electron chi connectivity index (χ1n) is 6.43. The topological polar surface area (TPSA) is 42.2 Å². The van der Waals surface area contributed by atoms with Crippen LogP contribution >= 0.6 is 0 Å². The molecule has 1 aliphatic heterocycles. The zero-order chi connectivity index (χ0) is 12.4. The lowest BCUT2D eigenvalue weighted by atomic mass is 10.1. The maximum Gasteiger partial charge on any atom is 0.241 e. The highest BCUT2D eigenvalue weighted by Gasteiger charge is 2.16. The number of benzene rings is 1. The minimum atomic E-state index is 0.688. The van der Waals surface area contributed by atoms with Crippen LogP contribution < -0.4 is 0 Å². The second-order valence-corrected chi connectivity index (χ2v) is 4.86. The number of aryl methyl sites for hydroxylation is 1. The van der Waals surface area contributed by atoms with Gasteiger partial charge in [-0.25, -0.2) is 0 Å². The molecule has 0 spiro atoms. The minimum Gasteiger partial charge on any atom is -0.338 e. The van der Waals surface area contributed by atoms with Crippen LogP contribution in [0.2, 0.25) is 0 Å². The van der Waals surface area contributed by atoms with Crippen LogP contribution in [0, 0.1) is 6.92 Å². The van der Waals surface area contributed by atoms with Crippen LogP contribution in [0.3, 0.4) is 0 Å².